The molecule has 24 heavy (non-hydrogen) atoms. The second-order valence-corrected chi connectivity index (χ2v) is 9.34. The van der Waals surface area contributed by atoms with Crippen LogP contribution in [0.4, 0.5) is 5.82 Å². The summed E-state index contributed by atoms with van der Waals surface area (Å²) in [7, 11) is 0. The summed E-state index contributed by atoms with van der Waals surface area (Å²) < 4.78 is 0. The molecule has 1 saturated carbocycles. The van der Waals surface area contributed by atoms with Crippen molar-refractivity contribution in [3.63, 3.8) is 0 Å². The van der Waals surface area contributed by atoms with Gasteiger partial charge in [0.25, 0.3) is 0 Å². The maximum atomic E-state index is 4.64. The summed E-state index contributed by atoms with van der Waals surface area (Å²) in [5, 5.41) is 5.12. The van der Waals surface area contributed by atoms with E-state index in [9.17, 15) is 0 Å². The van der Waals surface area contributed by atoms with E-state index >= 15 is 0 Å². The molecule has 2 aliphatic carbocycles. The minimum Gasteiger partial charge on any atom is -0.367 e. The Morgan fingerprint density at radius 2 is 1.92 bits per heavy atom. The number of thiophene rings is 1. The largest absolute Gasteiger partial charge is 0.367 e. The van der Waals surface area contributed by atoms with Crippen LogP contribution in [0.25, 0.3) is 10.2 Å². The molecule has 1 N–H and O–H groups in total. The Kier molecular flexibility index (Phi) is 4.50. The van der Waals surface area contributed by atoms with Crippen molar-refractivity contribution in [2.45, 2.75) is 71.8 Å². The molecule has 0 aliphatic heterocycles. The topological polar surface area (TPSA) is 37.8 Å². The molecule has 0 spiro atoms. The van der Waals surface area contributed by atoms with Gasteiger partial charge in [0.2, 0.25) is 0 Å². The number of aromatic nitrogens is 2. The minimum atomic E-state index is 0.578. The number of fused-ring (bicyclic) bond motifs is 3. The number of anilines is 1. The van der Waals surface area contributed by atoms with E-state index in [1.807, 2.05) is 11.3 Å². The third kappa shape index (κ3) is 3.05. The van der Waals surface area contributed by atoms with Crippen molar-refractivity contribution >= 4 is 27.4 Å². The molecule has 4 rings (SSSR count). The van der Waals surface area contributed by atoms with E-state index in [1.54, 1.807) is 11.2 Å². The van der Waals surface area contributed by atoms with Gasteiger partial charge in [-0.15, -0.1) is 11.3 Å². The number of nitrogens with one attached hydrogen (secondary N) is 1. The van der Waals surface area contributed by atoms with Gasteiger partial charge in [0.1, 0.15) is 17.0 Å². The summed E-state index contributed by atoms with van der Waals surface area (Å²) in [6.45, 7) is 7.10. The van der Waals surface area contributed by atoms with Crippen molar-refractivity contribution in [2.75, 3.05) is 5.32 Å². The normalized spacial score (nSPS) is 27.4. The van der Waals surface area contributed by atoms with Gasteiger partial charge in [-0.1, -0.05) is 20.8 Å². The van der Waals surface area contributed by atoms with Gasteiger partial charge in [0, 0.05) is 10.9 Å². The van der Waals surface area contributed by atoms with Gasteiger partial charge in [-0.2, -0.15) is 0 Å². The molecular formula is C20H29N3S. The number of rotatable bonds is 3. The zero-order valence-electron chi connectivity index (χ0n) is 15.1. The quantitative estimate of drug-likeness (QED) is 0.806. The van der Waals surface area contributed by atoms with Gasteiger partial charge in [-0.3, -0.25) is 0 Å². The Bertz CT molecular complexity index is 713. The van der Waals surface area contributed by atoms with Gasteiger partial charge < -0.3 is 5.32 Å². The Morgan fingerprint density at radius 1 is 1.12 bits per heavy atom. The van der Waals surface area contributed by atoms with Crippen molar-refractivity contribution in [1.29, 1.82) is 0 Å². The molecule has 0 radical (unpaired) electrons. The standard InChI is InChI=1S/C20H29N3S/c1-12(2)14-5-7-15(8-6-14)23-19-18-16-10-13(3)4-9-17(16)24-20(18)22-11-21-19/h11-15H,4-10H2,1-3H3,(H,21,22,23)/t13-,14-,15-/m1/s1. The van der Waals surface area contributed by atoms with Crippen LogP contribution >= 0.6 is 11.3 Å². The van der Waals surface area contributed by atoms with Gasteiger partial charge >= 0.3 is 0 Å². The molecule has 3 nitrogen and oxygen atoms in total. The van der Waals surface area contributed by atoms with E-state index in [0.717, 1.165) is 23.6 Å². The van der Waals surface area contributed by atoms with E-state index in [0.29, 0.717) is 6.04 Å². The predicted octanol–water partition coefficient (Wildman–Crippen LogP) is 5.44. The zero-order valence-corrected chi connectivity index (χ0v) is 16.0. The van der Waals surface area contributed by atoms with Crippen LogP contribution in [0.3, 0.4) is 0 Å². The van der Waals surface area contributed by atoms with Crippen LogP contribution in [0.1, 0.15) is 63.3 Å². The fraction of sp³-hybridized carbons (Fsp3) is 0.700. The maximum absolute atomic E-state index is 4.64. The van der Waals surface area contributed by atoms with E-state index < -0.39 is 0 Å². The molecule has 0 aromatic carbocycles. The van der Waals surface area contributed by atoms with E-state index in [4.69, 9.17) is 0 Å². The lowest BCUT2D eigenvalue weighted by Gasteiger charge is -2.31. The van der Waals surface area contributed by atoms with Crippen LogP contribution in [0.15, 0.2) is 6.33 Å². The average molecular weight is 344 g/mol. The minimum absolute atomic E-state index is 0.578. The second kappa shape index (κ2) is 6.62. The summed E-state index contributed by atoms with van der Waals surface area (Å²) in [5.41, 5.74) is 1.53. The number of aryl methyl sites for hydroxylation is 1. The molecule has 2 aromatic rings. The molecule has 0 amide bonds. The molecule has 2 aromatic heterocycles. The highest BCUT2D eigenvalue weighted by atomic mass is 32.1. The number of hydrogen-bond acceptors (Lipinski definition) is 4. The smallest absolute Gasteiger partial charge is 0.138 e. The third-order valence-electron chi connectivity index (χ3n) is 6.14. The highest BCUT2D eigenvalue weighted by Gasteiger charge is 2.26. The monoisotopic (exact) mass is 343 g/mol. The van der Waals surface area contributed by atoms with Crippen LogP contribution in [-0.4, -0.2) is 16.0 Å². The van der Waals surface area contributed by atoms with Crippen LogP contribution in [0.2, 0.25) is 0 Å². The van der Waals surface area contributed by atoms with E-state index in [2.05, 4.69) is 36.1 Å². The third-order valence-corrected chi connectivity index (χ3v) is 7.34. The lowest BCUT2D eigenvalue weighted by molar-refractivity contribution is 0.267. The van der Waals surface area contributed by atoms with E-state index in [-0.39, 0.29) is 0 Å². The van der Waals surface area contributed by atoms with Crippen molar-refractivity contribution in [3.05, 3.63) is 16.8 Å². The SMILES string of the molecule is CC(C)[C@H]1CC[C@H](Nc2ncnc3sc4c(c23)C[C@H](C)CC4)CC1. The Balaban J connectivity index is 1.58. The summed E-state index contributed by atoms with van der Waals surface area (Å²) in [6.07, 6.45) is 10.7. The van der Waals surface area contributed by atoms with Crippen molar-refractivity contribution in [3.8, 4) is 0 Å². The number of nitrogens with zero attached hydrogens (tertiary/aromatic N) is 2. The van der Waals surface area contributed by atoms with Crippen LogP contribution < -0.4 is 5.32 Å². The molecule has 0 saturated heterocycles. The molecular weight excluding hydrogens is 314 g/mol. The van der Waals surface area contributed by atoms with Gasteiger partial charge in [-0.05, 0) is 68.3 Å². The molecule has 0 unspecified atom stereocenters. The highest BCUT2D eigenvalue weighted by molar-refractivity contribution is 7.19. The van der Waals surface area contributed by atoms with Crippen LogP contribution in [0.5, 0.6) is 0 Å². The Labute approximate surface area is 149 Å². The molecule has 1 atom stereocenters. The fourth-order valence-corrected chi connectivity index (χ4v) is 5.70. The second-order valence-electron chi connectivity index (χ2n) is 8.25. The molecule has 0 bridgehead atoms. The van der Waals surface area contributed by atoms with Crippen molar-refractivity contribution in [1.82, 2.24) is 9.97 Å². The predicted molar refractivity (Wildman–Crippen MR) is 103 cm³/mol. The van der Waals surface area contributed by atoms with E-state index in [1.165, 1.54) is 60.7 Å². The lowest BCUT2D eigenvalue weighted by Crippen LogP contribution is -2.28. The van der Waals surface area contributed by atoms with Crippen LogP contribution in [-0.2, 0) is 12.8 Å². The first-order chi connectivity index (χ1) is 11.6. The average Bonchev–Trinajstić information content (AvgIpc) is 2.94. The summed E-state index contributed by atoms with van der Waals surface area (Å²) in [6, 6.07) is 0.578. The fourth-order valence-electron chi connectivity index (χ4n) is 4.52. The first-order valence-corrected chi connectivity index (χ1v) is 10.4. The highest BCUT2D eigenvalue weighted by Crippen LogP contribution is 2.40. The summed E-state index contributed by atoms with van der Waals surface area (Å²) >= 11 is 1.89. The lowest BCUT2D eigenvalue weighted by atomic mass is 9.79. The van der Waals surface area contributed by atoms with Crippen molar-refractivity contribution < 1.29 is 0 Å². The first kappa shape index (κ1) is 16.3. The molecule has 1 fully saturated rings. The number of hydrogen-bond donors (Lipinski definition) is 1. The van der Waals surface area contributed by atoms with Crippen molar-refractivity contribution in [2.24, 2.45) is 17.8 Å². The van der Waals surface area contributed by atoms with Crippen LogP contribution in [0, 0.1) is 17.8 Å². The molecule has 2 aliphatic rings. The summed E-state index contributed by atoms with van der Waals surface area (Å²) in [4.78, 5) is 11.9. The van der Waals surface area contributed by atoms with Gasteiger partial charge in [-0.25, -0.2) is 9.97 Å². The molecule has 2 heterocycles. The molecule has 130 valence electrons. The Hall–Kier alpha value is -1.16. The Morgan fingerprint density at radius 3 is 2.67 bits per heavy atom. The first-order valence-electron chi connectivity index (χ1n) is 9.63. The van der Waals surface area contributed by atoms with Gasteiger partial charge in [0.05, 0.1) is 5.39 Å². The maximum Gasteiger partial charge on any atom is 0.138 e. The summed E-state index contributed by atoms with van der Waals surface area (Å²) in [5.74, 6) is 3.61. The molecule has 4 heteroatoms. The van der Waals surface area contributed by atoms with Gasteiger partial charge in [0.15, 0.2) is 0 Å². The zero-order chi connectivity index (χ0) is 16.7.